The van der Waals surface area contributed by atoms with Crippen molar-refractivity contribution in [1.82, 2.24) is 19.9 Å². The van der Waals surface area contributed by atoms with Gasteiger partial charge < -0.3 is 15.1 Å². The van der Waals surface area contributed by atoms with Crippen molar-refractivity contribution in [3.8, 4) is 0 Å². The van der Waals surface area contributed by atoms with Crippen LogP contribution < -0.4 is 10.2 Å². The Morgan fingerprint density at radius 1 is 1.31 bits per heavy atom. The van der Waals surface area contributed by atoms with Gasteiger partial charge in [-0.2, -0.15) is 0 Å². The van der Waals surface area contributed by atoms with Crippen LogP contribution in [0.2, 0.25) is 5.02 Å². The standard InChI is InChI=1S/C18H23ClN5O5PS2/c1-9(2)6-12(8-29-30(26,27)28)21-15-14-16(24-18(25)32-14)23-17(22-15)31-10(3)13-5-4-11(19)7-20-13/h4-5,7,9-10,12H,6,8H2,1-3H3,(H2,26,27,28)(H2,21,22,23,24,25)/t10-,12?/m0/s1. The van der Waals surface area contributed by atoms with Crippen LogP contribution in [0.1, 0.15) is 38.1 Å². The number of rotatable bonds is 10. The Labute approximate surface area is 197 Å². The molecule has 14 heteroatoms. The number of nitrogens with zero attached hydrogens (tertiary/aromatic N) is 3. The summed E-state index contributed by atoms with van der Waals surface area (Å²) in [6.45, 7) is 5.70. The molecular weight excluding hydrogens is 497 g/mol. The van der Waals surface area contributed by atoms with Crippen molar-refractivity contribution >= 4 is 58.7 Å². The lowest BCUT2D eigenvalue weighted by molar-refractivity contribution is 0.184. The lowest BCUT2D eigenvalue weighted by atomic mass is 10.0. The van der Waals surface area contributed by atoms with Gasteiger partial charge in [-0.3, -0.25) is 19.3 Å². The van der Waals surface area contributed by atoms with Gasteiger partial charge in [0.2, 0.25) is 0 Å². The third-order valence-corrected chi connectivity index (χ3v) is 6.83. The van der Waals surface area contributed by atoms with Crippen molar-refractivity contribution in [3.63, 3.8) is 0 Å². The Morgan fingerprint density at radius 2 is 2.06 bits per heavy atom. The molecular formula is C18H23ClN5O5PS2. The number of fused-ring (bicyclic) bond motifs is 1. The molecule has 0 fully saturated rings. The first-order valence-corrected chi connectivity index (χ1v) is 13.3. The van der Waals surface area contributed by atoms with Crippen LogP contribution in [0.25, 0.3) is 10.3 Å². The highest BCUT2D eigenvalue weighted by Gasteiger charge is 2.22. The number of thioether (sulfide) groups is 1. The molecule has 1 unspecified atom stereocenters. The van der Waals surface area contributed by atoms with Gasteiger partial charge in [0, 0.05) is 6.20 Å². The van der Waals surface area contributed by atoms with E-state index in [4.69, 9.17) is 25.9 Å². The molecule has 0 bridgehead atoms. The number of nitrogens with one attached hydrogen (secondary N) is 2. The molecule has 0 spiro atoms. The van der Waals surface area contributed by atoms with E-state index in [0.29, 0.717) is 32.8 Å². The van der Waals surface area contributed by atoms with E-state index in [1.165, 1.54) is 11.8 Å². The summed E-state index contributed by atoms with van der Waals surface area (Å²) in [6, 6.07) is 3.14. The monoisotopic (exact) mass is 519 g/mol. The molecule has 0 saturated carbocycles. The number of pyridine rings is 1. The lowest BCUT2D eigenvalue weighted by Gasteiger charge is -2.22. The van der Waals surface area contributed by atoms with Crippen LogP contribution >= 0.6 is 42.5 Å². The van der Waals surface area contributed by atoms with Gasteiger partial charge in [-0.25, -0.2) is 14.5 Å². The number of anilines is 1. The molecule has 0 aromatic carbocycles. The second kappa shape index (κ2) is 10.6. The summed E-state index contributed by atoms with van der Waals surface area (Å²) >= 11 is 8.23. The number of hydrogen-bond acceptors (Lipinski definition) is 9. The van der Waals surface area contributed by atoms with E-state index in [9.17, 15) is 9.36 Å². The molecule has 10 nitrogen and oxygen atoms in total. The number of phosphoric ester groups is 1. The first-order valence-electron chi connectivity index (χ1n) is 9.65. The van der Waals surface area contributed by atoms with Crippen LogP contribution in [0.4, 0.5) is 5.82 Å². The number of phosphoric acid groups is 1. The number of thiazole rings is 1. The summed E-state index contributed by atoms with van der Waals surface area (Å²) in [7, 11) is -4.62. The van der Waals surface area contributed by atoms with Gasteiger partial charge in [-0.15, -0.1) is 0 Å². The van der Waals surface area contributed by atoms with Crippen LogP contribution in [0.5, 0.6) is 0 Å². The number of H-pyrrole nitrogens is 1. The molecule has 0 aliphatic carbocycles. The third kappa shape index (κ3) is 7.24. The Morgan fingerprint density at radius 3 is 2.69 bits per heavy atom. The first kappa shape index (κ1) is 25.1. The quantitative estimate of drug-likeness (QED) is 0.174. The fourth-order valence-corrected chi connectivity index (χ4v) is 5.02. The predicted molar refractivity (Wildman–Crippen MR) is 126 cm³/mol. The smallest absolute Gasteiger partial charge is 0.364 e. The Balaban J connectivity index is 1.89. The molecule has 0 amide bonds. The fourth-order valence-electron chi connectivity index (χ4n) is 2.94. The summed E-state index contributed by atoms with van der Waals surface area (Å²) in [6.07, 6.45) is 2.14. The summed E-state index contributed by atoms with van der Waals surface area (Å²) in [5.74, 6) is 0.622. The highest BCUT2D eigenvalue weighted by molar-refractivity contribution is 7.99. The normalized spacial score (nSPS) is 14.1. The number of aromatic amines is 1. The minimum absolute atomic E-state index is 0.0904. The van der Waals surface area contributed by atoms with Gasteiger partial charge in [-0.1, -0.05) is 48.5 Å². The van der Waals surface area contributed by atoms with Gasteiger partial charge in [0.05, 0.1) is 28.6 Å². The minimum Gasteiger partial charge on any atom is -0.364 e. The Bertz CT molecular complexity index is 1170. The molecule has 2 atom stereocenters. The van der Waals surface area contributed by atoms with Crippen molar-refractivity contribution in [1.29, 1.82) is 0 Å². The van der Waals surface area contributed by atoms with Crippen LogP contribution in [0.3, 0.4) is 0 Å². The molecule has 0 aliphatic heterocycles. The van der Waals surface area contributed by atoms with Crippen LogP contribution in [0, 0.1) is 5.92 Å². The second-order valence-electron chi connectivity index (χ2n) is 7.47. The van der Waals surface area contributed by atoms with Crippen molar-refractivity contribution in [2.24, 2.45) is 5.92 Å². The van der Waals surface area contributed by atoms with Gasteiger partial charge in [-0.05, 0) is 31.4 Å². The largest absolute Gasteiger partial charge is 0.469 e. The zero-order valence-corrected chi connectivity index (χ0v) is 20.8. The van der Waals surface area contributed by atoms with E-state index in [2.05, 4.69) is 25.3 Å². The van der Waals surface area contributed by atoms with Gasteiger partial charge in [0.25, 0.3) is 0 Å². The molecule has 4 N–H and O–H groups in total. The zero-order chi connectivity index (χ0) is 23.5. The maximum Gasteiger partial charge on any atom is 0.469 e. The molecule has 3 rings (SSSR count). The predicted octanol–water partition coefficient (Wildman–Crippen LogP) is 4.22. The number of aromatic nitrogens is 4. The van der Waals surface area contributed by atoms with Crippen molar-refractivity contribution in [2.75, 3.05) is 11.9 Å². The molecule has 3 aromatic rings. The summed E-state index contributed by atoms with van der Waals surface area (Å²) in [5, 5.41) is 4.05. The van der Waals surface area contributed by atoms with E-state index in [0.717, 1.165) is 17.0 Å². The van der Waals surface area contributed by atoms with Crippen molar-refractivity contribution in [3.05, 3.63) is 38.7 Å². The molecule has 0 saturated heterocycles. The highest BCUT2D eigenvalue weighted by Crippen LogP contribution is 2.37. The minimum atomic E-state index is -4.62. The van der Waals surface area contributed by atoms with Gasteiger partial charge in [0.15, 0.2) is 16.6 Å². The van der Waals surface area contributed by atoms with Crippen LogP contribution in [-0.2, 0) is 9.09 Å². The second-order valence-corrected chi connectivity index (χ2v) is 11.4. The first-order chi connectivity index (χ1) is 15.0. The van der Waals surface area contributed by atoms with Crippen LogP contribution in [0.15, 0.2) is 28.3 Å². The molecule has 3 heterocycles. The van der Waals surface area contributed by atoms with E-state index < -0.39 is 13.9 Å². The van der Waals surface area contributed by atoms with E-state index in [-0.39, 0.29) is 22.6 Å². The van der Waals surface area contributed by atoms with E-state index in [1.54, 1.807) is 12.3 Å². The average molecular weight is 520 g/mol. The maximum absolute atomic E-state index is 12.0. The maximum atomic E-state index is 12.0. The topological polar surface area (TPSA) is 150 Å². The van der Waals surface area contributed by atoms with Gasteiger partial charge in [0.1, 0.15) is 4.70 Å². The third-order valence-electron chi connectivity index (χ3n) is 4.25. The average Bonchev–Trinajstić information content (AvgIpc) is 3.06. The van der Waals surface area contributed by atoms with Crippen molar-refractivity contribution < 1.29 is 18.9 Å². The highest BCUT2D eigenvalue weighted by atomic mass is 35.5. The van der Waals surface area contributed by atoms with E-state index in [1.807, 2.05) is 26.8 Å². The Hall–Kier alpha value is -1.53. The molecule has 3 aromatic heterocycles. The molecule has 0 aliphatic rings. The Kier molecular flexibility index (Phi) is 8.31. The zero-order valence-electron chi connectivity index (χ0n) is 17.5. The van der Waals surface area contributed by atoms with Crippen LogP contribution in [-0.4, -0.2) is 42.4 Å². The molecule has 0 radical (unpaired) electrons. The fraction of sp³-hybridized carbons (Fsp3) is 0.444. The number of halogens is 1. The van der Waals surface area contributed by atoms with E-state index >= 15 is 0 Å². The summed E-state index contributed by atoms with van der Waals surface area (Å²) in [4.78, 5) is 45.9. The lowest BCUT2D eigenvalue weighted by Crippen LogP contribution is -2.27. The molecule has 174 valence electrons. The van der Waals surface area contributed by atoms with Crippen molar-refractivity contribution in [2.45, 2.75) is 43.6 Å². The molecule has 32 heavy (non-hydrogen) atoms. The number of hydrogen-bond donors (Lipinski definition) is 4. The summed E-state index contributed by atoms with van der Waals surface area (Å²) in [5.41, 5.74) is 1.18. The SMILES string of the molecule is CC(C)CC(COP(=O)(O)O)Nc1nc(S[C@@H](C)c2ccc(Cl)cn2)nc2[nH]c(=O)sc12. The van der Waals surface area contributed by atoms with Gasteiger partial charge >= 0.3 is 12.7 Å². The summed E-state index contributed by atoms with van der Waals surface area (Å²) < 4.78 is 16.4.